The molecule has 5 heteroatoms. The number of hydrogen-bond acceptors (Lipinski definition) is 3. The summed E-state index contributed by atoms with van der Waals surface area (Å²) in [4.78, 5) is 4.30. The van der Waals surface area contributed by atoms with Gasteiger partial charge in [-0.25, -0.2) is 13.8 Å². The van der Waals surface area contributed by atoms with Gasteiger partial charge >= 0.3 is 0 Å². The highest BCUT2D eigenvalue weighted by atomic mass is 32.1. The molecule has 72 valence electrons. The second-order valence-electron chi connectivity index (χ2n) is 2.66. The van der Waals surface area contributed by atoms with Crippen LogP contribution in [0, 0.1) is 11.6 Å². The maximum Gasteiger partial charge on any atom is 0.180 e. The van der Waals surface area contributed by atoms with Crippen molar-refractivity contribution < 1.29 is 8.78 Å². The minimum atomic E-state index is -0.866. The lowest BCUT2D eigenvalue weighted by Crippen LogP contribution is -1.86. The molecule has 1 aromatic carbocycles. The molecule has 2 N–H and O–H groups in total. The van der Waals surface area contributed by atoms with Gasteiger partial charge in [0, 0.05) is 11.8 Å². The summed E-state index contributed by atoms with van der Waals surface area (Å²) in [7, 11) is 0. The number of benzene rings is 1. The first-order valence-corrected chi connectivity index (χ1v) is 4.66. The molecule has 1 heterocycles. The number of rotatable bonds is 1. The number of nitrogen functional groups attached to an aromatic ring is 1. The van der Waals surface area contributed by atoms with Gasteiger partial charge in [0.1, 0.15) is 0 Å². The summed E-state index contributed by atoms with van der Waals surface area (Å²) in [5, 5.41) is 0.337. The molecule has 0 amide bonds. The fourth-order valence-electron chi connectivity index (χ4n) is 1.11. The Labute approximate surface area is 83.0 Å². The predicted octanol–water partition coefficient (Wildman–Crippen LogP) is 2.67. The van der Waals surface area contributed by atoms with Crippen molar-refractivity contribution in [1.29, 1.82) is 0 Å². The van der Waals surface area contributed by atoms with Gasteiger partial charge in [-0.15, -0.1) is 0 Å². The van der Waals surface area contributed by atoms with Crippen LogP contribution in [0.3, 0.4) is 0 Å². The Hall–Kier alpha value is -1.49. The highest BCUT2D eigenvalue weighted by Gasteiger charge is 2.11. The summed E-state index contributed by atoms with van der Waals surface area (Å²) in [5.41, 5.74) is 5.59. The molecule has 0 saturated carbocycles. The Kier molecular flexibility index (Phi) is 2.17. The zero-order valence-electron chi connectivity index (χ0n) is 7.00. The molecular formula is C9H6F2N2S. The summed E-state index contributed by atoms with van der Waals surface area (Å²) in [6, 6.07) is 4.01. The topological polar surface area (TPSA) is 38.9 Å². The average molecular weight is 212 g/mol. The van der Waals surface area contributed by atoms with Crippen LogP contribution >= 0.6 is 11.3 Å². The standard InChI is InChI=1S/C9H6F2N2S/c10-6-3-1-2-5(8(6)11)7-4-13-9(12)14-7/h1-4H,(H2,12,13). The van der Waals surface area contributed by atoms with Crippen LogP contribution in [0.2, 0.25) is 0 Å². The van der Waals surface area contributed by atoms with Crippen molar-refractivity contribution in [3.63, 3.8) is 0 Å². The van der Waals surface area contributed by atoms with Crippen molar-refractivity contribution in [2.45, 2.75) is 0 Å². The lowest BCUT2D eigenvalue weighted by molar-refractivity contribution is 0.511. The SMILES string of the molecule is Nc1ncc(-c2cccc(F)c2F)s1. The maximum atomic E-state index is 13.3. The fourth-order valence-corrected chi connectivity index (χ4v) is 1.81. The van der Waals surface area contributed by atoms with Gasteiger partial charge < -0.3 is 5.73 Å². The first-order chi connectivity index (χ1) is 6.68. The Balaban J connectivity index is 2.57. The van der Waals surface area contributed by atoms with Gasteiger partial charge in [-0.1, -0.05) is 23.5 Å². The third kappa shape index (κ3) is 1.46. The van der Waals surface area contributed by atoms with E-state index in [9.17, 15) is 8.78 Å². The maximum absolute atomic E-state index is 13.3. The van der Waals surface area contributed by atoms with E-state index in [0.29, 0.717) is 10.0 Å². The first-order valence-electron chi connectivity index (χ1n) is 3.84. The highest BCUT2D eigenvalue weighted by molar-refractivity contribution is 7.18. The normalized spacial score (nSPS) is 10.4. The van der Waals surface area contributed by atoms with Crippen molar-refractivity contribution in [3.05, 3.63) is 36.0 Å². The molecule has 0 fully saturated rings. The summed E-state index contributed by atoms with van der Waals surface area (Å²) in [6.07, 6.45) is 1.43. The van der Waals surface area contributed by atoms with E-state index in [4.69, 9.17) is 5.73 Å². The van der Waals surface area contributed by atoms with Gasteiger partial charge in [-0.2, -0.15) is 0 Å². The molecule has 0 spiro atoms. The lowest BCUT2D eigenvalue weighted by atomic mass is 10.2. The van der Waals surface area contributed by atoms with Crippen molar-refractivity contribution >= 4 is 16.5 Å². The van der Waals surface area contributed by atoms with Gasteiger partial charge in [-0.05, 0) is 6.07 Å². The fraction of sp³-hybridized carbons (Fsp3) is 0. The van der Waals surface area contributed by atoms with E-state index < -0.39 is 11.6 Å². The van der Waals surface area contributed by atoms with Crippen molar-refractivity contribution in [3.8, 4) is 10.4 Å². The van der Waals surface area contributed by atoms with E-state index in [1.807, 2.05) is 0 Å². The van der Waals surface area contributed by atoms with Crippen molar-refractivity contribution in [2.75, 3.05) is 5.73 Å². The van der Waals surface area contributed by atoms with E-state index in [-0.39, 0.29) is 5.56 Å². The Morgan fingerprint density at radius 2 is 2.07 bits per heavy atom. The van der Waals surface area contributed by atoms with Crippen LogP contribution in [-0.4, -0.2) is 4.98 Å². The number of hydrogen-bond donors (Lipinski definition) is 1. The molecule has 2 nitrogen and oxygen atoms in total. The van der Waals surface area contributed by atoms with E-state index in [0.717, 1.165) is 17.4 Å². The van der Waals surface area contributed by atoms with E-state index in [1.165, 1.54) is 18.3 Å². The van der Waals surface area contributed by atoms with Crippen LogP contribution < -0.4 is 5.73 Å². The molecule has 0 atom stereocenters. The zero-order chi connectivity index (χ0) is 10.1. The second kappa shape index (κ2) is 3.34. The number of nitrogens with two attached hydrogens (primary N) is 1. The Bertz CT molecular complexity index is 468. The number of halogens is 2. The van der Waals surface area contributed by atoms with Crippen molar-refractivity contribution in [2.24, 2.45) is 0 Å². The molecule has 2 aromatic rings. The average Bonchev–Trinajstić information content (AvgIpc) is 2.57. The summed E-state index contributed by atoms with van der Waals surface area (Å²) in [6.45, 7) is 0. The monoisotopic (exact) mass is 212 g/mol. The largest absolute Gasteiger partial charge is 0.375 e. The molecule has 14 heavy (non-hydrogen) atoms. The minimum absolute atomic E-state index is 0.194. The first kappa shape index (κ1) is 9.08. The Morgan fingerprint density at radius 1 is 1.29 bits per heavy atom. The summed E-state index contributed by atoms with van der Waals surface area (Å²) < 4.78 is 26.1. The van der Waals surface area contributed by atoms with Gasteiger partial charge in [0.2, 0.25) is 0 Å². The van der Waals surface area contributed by atoms with Gasteiger partial charge in [0.05, 0.1) is 4.88 Å². The number of anilines is 1. The number of thiazole rings is 1. The third-order valence-electron chi connectivity index (χ3n) is 1.74. The van der Waals surface area contributed by atoms with Gasteiger partial charge in [0.15, 0.2) is 16.8 Å². The van der Waals surface area contributed by atoms with Crippen LogP contribution in [0.5, 0.6) is 0 Å². The molecular weight excluding hydrogens is 206 g/mol. The predicted molar refractivity (Wildman–Crippen MR) is 51.9 cm³/mol. The quantitative estimate of drug-likeness (QED) is 0.789. The van der Waals surface area contributed by atoms with Crippen LogP contribution in [-0.2, 0) is 0 Å². The van der Waals surface area contributed by atoms with E-state index >= 15 is 0 Å². The molecule has 0 aliphatic carbocycles. The van der Waals surface area contributed by atoms with Crippen LogP contribution in [0.25, 0.3) is 10.4 Å². The molecule has 2 rings (SSSR count). The highest BCUT2D eigenvalue weighted by Crippen LogP contribution is 2.30. The second-order valence-corrected chi connectivity index (χ2v) is 3.73. The van der Waals surface area contributed by atoms with Crippen LogP contribution in [0.1, 0.15) is 0 Å². The molecule has 1 aromatic heterocycles. The van der Waals surface area contributed by atoms with Gasteiger partial charge in [-0.3, -0.25) is 0 Å². The van der Waals surface area contributed by atoms with Crippen LogP contribution in [0.4, 0.5) is 13.9 Å². The molecule has 0 unspecified atom stereocenters. The van der Waals surface area contributed by atoms with Crippen LogP contribution in [0.15, 0.2) is 24.4 Å². The summed E-state index contributed by atoms with van der Waals surface area (Å²) >= 11 is 1.12. The van der Waals surface area contributed by atoms with Crippen molar-refractivity contribution in [1.82, 2.24) is 4.98 Å². The lowest BCUT2D eigenvalue weighted by Gasteiger charge is -1.98. The summed E-state index contributed by atoms with van der Waals surface area (Å²) in [5.74, 6) is -1.73. The zero-order valence-corrected chi connectivity index (χ0v) is 7.81. The number of nitrogens with zero attached hydrogens (tertiary/aromatic N) is 1. The molecule has 0 bridgehead atoms. The van der Waals surface area contributed by atoms with E-state index in [1.54, 1.807) is 0 Å². The smallest absolute Gasteiger partial charge is 0.180 e. The van der Waals surface area contributed by atoms with Gasteiger partial charge in [0.25, 0.3) is 0 Å². The molecule has 0 aliphatic rings. The number of aromatic nitrogens is 1. The third-order valence-corrected chi connectivity index (χ3v) is 2.60. The molecule has 0 saturated heterocycles. The minimum Gasteiger partial charge on any atom is -0.375 e. The molecule has 0 radical (unpaired) electrons. The molecule has 0 aliphatic heterocycles. The van der Waals surface area contributed by atoms with E-state index in [2.05, 4.69) is 4.98 Å². The Morgan fingerprint density at radius 3 is 2.71 bits per heavy atom.